The number of hydrogen-bond acceptors (Lipinski definition) is 4. The lowest BCUT2D eigenvalue weighted by Crippen LogP contribution is -2.18. The van der Waals surface area contributed by atoms with E-state index in [0.29, 0.717) is 11.8 Å². The minimum atomic E-state index is -3.99. The predicted octanol–water partition coefficient (Wildman–Crippen LogP) is 2.05. The van der Waals surface area contributed by atoms with Crippen LogP contribution < -0.4 is 5.73 Å². The highest BCUT2D eigenvalue weighted by Crippen LogP contribution is 2.26. The maximum absolute atomic E-state index is 12.1. The SMILES string of the molecule is CCCOS(=O)(=O)c1ccc2ccccc2c1C(N)=O. The van der Waals surface area contributed by atoms with Crippen LogP contribution in [-0.2, 0) is 14.3 Å². The van der Waals surface area contributed by atoms with Crippen molar-refractivity contribution in [1.82, 2.24) is 0 Å². The highest BCUT2D eigenvalue weighted by molar-refractivity contribution is 7.86. The lowest BCUT2D eigenvalue weighted by atomic mass is 10.0. The van der Waals surface area contributed by atoms with E-state index in [1.54, 1.807) is 37.3 Å². The Hall–Kier alpha value is -1.92. The van der Waals surface area contributed by atoms with Gasteiger partial charge in [-0.15, -0.1) is 0 Å². The van der Waals surface area contributed by atoms with Gasteiger partial charge in [0, 0.05) is 0 Å². The molecule has 0 bridgehead atoms. The average Bonchev–Trinajstić information content (AvgIpc) is 2.43. The first-order valence-electron chi connectivity index (χ1n) is 6.18. The van der Waals surface area contributed by atoms with E-state index in [1.807, 2.05) is 0 Å². The molecule has 5 nitrogen and oxygen atoms in total. The number of hydrogen-bond donors (Lipinski definition) is 1. The summed E-state index contributed by atoms with van der Waals surface area (Å²) in [5, 5.41) is 1.25. The van der Waals surface area contributed by atoms with Crippen LogP contribution in [0.4, 0.5) is 0 Å². The number of amides is 1. The second kappa shape index (κ2) is 5.60. The second-order valence-electron chi connectivity index (χ2n) is 4.30. The van der Waals surface area contributed by atoms with E-state index in [9.17, 15) is 13.2 Å². The summed E-state index contributed by atoms with van der Waals surface area (Å²) in [4.78, 5) is 11.5. The fourth-order valence-electron chi connectivity index (χ4n) is 1.97. The maximum atomic E-state index is 12.1. The molecule has 0 aromatic heterocycles. The number of rotatable bonds is 5. The van der Waals surface area contributed by atoms with Crippen molar-refractivity contribution in [3.05, 3.63) is 42.0 Å². The third-order valence-electron chi connectivity index (χ3n) is 2.85. The molecule has 0 aliphatic heterocycles. The summed E-state index contributed by atoms with van der Waals surface area (Å²) in [5.41, 5.74) is 5.32. The van der Waals surface area contributed by atoms with Crippen LogP contribution in [0.3, 0.4) is 0 Å². The third kappa shape index (κ3) is 2.66. The van der Waals surface area contributed by atoms with Gasteiger partial charge in [0.2, 0.25) is 0 Å². The van der Waals surface area contributed by atoms with E-state index in [4.69, 9.17) is 9.92 Å². The van der Waals surface area contributed by atoms with Gasteiger partial charge in [-0.3, -0.25) is 8.98 Å². The van der Waals surface area contributed by atoms with Gasteiger partial charge < -0.3 is 5.73 Å². The monoisotopic (exact) mass is 293 g/mol. The Bertz CT molecular complexity index is 753. The van der Waals surface area contributed by atoms with E-state index in [1.165, 1.54) is 6.07 Å². The highest BCUT2D eigenvalue weighted by Gasteiger charge is 2.24. The van der Waals surface area contributed by atoms with Crippen LogP contribution in [0.1, 0.15) is 23.7 Å². The van der Waals surface area contributed by atoms with Crippen molar-refractivity contribution in [2.45, 2.75) is 18.2 Å². The molecule has 0 aliphatic carbocycles. The van der Waals surface area contributed by atoms with Crippen LogP contribution in [0, 0.1) is 0 Å². The molecule has 0 radical (unpaired) electrons. The van der Waals surface area contributed by atoms with Gasteiger partial charge in [-0.1, -0.05) is 37.3 Å². The van der Waals surface area contributed by atoms with Crippen molar-refractivity contribution in [3.63, 3.8) is 0 Å². The Labute approximate surface area is 117 Å². The van der Waals surface area contributed by atoms with Crippen molar-refractivity contribution in [2.24, 2.45) is 5.73 Å². The Morgan fingerprint density at radius 2 is 1.90 bits per heavy atom. The summed E-state index contributed by atoms with van der Waals surface area (Å²) in [6.45, 7) is 1.86. The zero-order chi connectivity index (χ0) is 14.8. The van der Waals surface area contributed by atoms with Crippen molar-refractivity contribution < 1.29 is 17.4 Å². The molecule has 2 rings (SSSR count). The van der Waals surface area contributed by atoms with Gasteiger partial charge in [0.1, 0.15) is 4.90 Å². The fraction of sp³-hybridized carbons (Fsp3) is 0.214. The predicted molar refractivity (Wildman–Crippen MR) is 75.9 cm³/mol. The van der Waals surface area contributed by atoms with E-state index >= 15 is 0 Å². The molecule has 0 saturated heterocycles. The molecule has 2 N–H and O–H groups in total. The first kappa shape index (κ1) is 14.5. The van der Waals surface area contributed by atoms with Crippen LogP contribution in [-0.4, -0.2) is 20.9 Å². The molecular weight excluding hydrogens is 278 g/mol. The zero-order valence-corrected chi connectivity index (χ0v) is 11.8. The summed E-state index contributed by atoms with van der Waals surface area (Å²) in [7, 11) is -3.99. The lowest BCUT2D eigenvalue weighted by Gasteiger charge is -2.11. The molecule has 0 fully saturated rings. The van der Waals surface area contributed by atoms with Crippen LogP contribution in [0.15, 0.2) is 41.3 Å². The number of primary amides is 1. The highest BCUT2D eigenvalue weighted by atomic mass is 32.2. The van der Waals surface area contributed by atoms with Gasteiger partial charge in [0.15, 0.2) is 0 Å². The number of nitrogens with two attached hydrogens (primary N) is 1. The molecule has 1 amide bonds. The standard InChI is InChI=1S/C14H15NO4S/c1-2-9-19-20(17,18)12-8-7-10-5-3-4-6-11(10)13(12)14(15)16/h3-8H,2,9H2,1H3,(H2,15,16). The van der Waals surface area contributed by atoms with Gasteiger partial charge in [0.25, 0.3) is 16.0 Å². The van der Waals surface area contributed by atoms with E-state index in [0.717, 1.165) is 5.39 Å². The quantitative estimate of drug-likeness (QED) is 0.855. The first-order chi connectivity index (χ1) is 9.47. The Morgan fingerprint density at radius 1 is 1.20 bits per heavy atom. The Balaban J connectivity index is 2.71. The summed E-state index contributed by atoms with van der Waals surface area (Å²) in [6, 6.07) is 9.95. The molecule has 0 spiro atoms. The number of carbonyl (C=O) groups excluding carboxylic acids is 1. The summed E-state index contributed by atoms with van der Waals surface area (Å²) < 4.78 is 29.1. The lowest BCUT2D eigenvalue weighted by molar-refractivity contribution is 0.0998. The van der Waals surface area contributed by atoms with Crippen molar-refractivity contribution in [3.8, 4) is 0 Å². The summed E-state index contributed by atoms with van der Waals surface area (Å²) >= 11 is 0. The van der Waals surface area contributed by atoms with Crippen molar-refractivity contribution in [1.29, 1.82) is 0 Å². The molecule has 0 aliphatic rings. The zero-order valence-electron chi connectivity index (χ0n) is 11.0. The number of carbonyl (C=O) groups is 1. The topological polar surface area (TPSA) is 86.5 Å². The van der Waals surface area contributed by atoms with Crippen molar-refractivity contribution in [2.75, 3.05) is 6.61 Å². The van der Waals surface area contributed by atoms with Gasteiger partial charge in [-0.2, -0.15) is 8.42 Å². The molecular formula is C14H15NO4S. The molecule has 20 heavy (non-hydrogen) atoms. The summed E-state index contributed by atoms with van der Waals surface area (Å²) in [5.74, 6) is -0.791. The van der Waals surface area contributed by atoms with Crippen LogP contribution >= 0.6 is 0 Å². The minimum absolute atomic E-state index is 0.0285. The second-order valence-corrected chi connectivity index (χ2v) is 5.88. The molecule has 0 atom stereocenters. The van der Waals surface area contributed by atoms with Crippen LogP contribution in [0.5, 0.6) is 0 Å². The van der Waals surface area contributed by atoms with Crippen LogP contribution in [0.25, 0.3) is 10.8 Å². The first-order valence-corrected chi connectivity index (χ1v) is 7.59. The summed E-state index contributed by atoms with van der Waals surface area (Å²) in [6.07, 6.45) is 0.554. The smallest absolute Gasteiger partial charge is 0.297 e. The molecule has 0 saturated carbocycles. The van der Waals surface area contributed by atoms with Gasteiger partial charge >= 0.3 is 0 Å². The number of fused-ring (bicyclic) bond motifs is 1. The Morgan fingerprint density at radius 3 is 2.55 bits per heavy atom. The van der Waals surface area contributed by atoms with E-state index < -0.39 is 16.0 Å². The van der Waals surface area contributed by atoms with Gasteiger partial charge in [-0.25, -0.2) is 0 Å². The molecule has 2 aromatic rings. The molecule has 0 unspecified atom stereocenters. The average molecular weight is 293 g/mol. The largest absolute Gasteiger partial charge is 0.366 e. The van der Waals surface area contributed by atoms with Crippen molar-refractivity contribution >= 4 is 26.8 Å². The maximum Gasteiger partial charge on any atom is 0.297 e. The van der Waals surface area contributed by atoms with Crippen LogP contribution in [0.2, 0.25) is 0 Å². The van der Waals surface area contributed by atoms with Gasteiger partial charge in [-0.05, 0) is 23.3 Å². The number of benzene rings is 2. The molecule has 6 heteroatoms. The Kier molecular flexibility index (Phi) is 4.06. The van der Waals surface area contributed by atoms with Gasteiger partial charge in [0.05, 0.1) is 12.2 Å². The fourth-order valence-corrected chi connectivity index (χ4v) is 3.18. The van der Waals surface area contributed by atoms with E-state index in [-0.39, 0.29) is 17.1 Å². The minimum Gasteiger partial charge on any atom is -0.366 e. The molecule has 0 heterocycles. The third-order valence-corrected chi connectivity index (χ3v) is 4.20. The normalized spacial score (nSPS) is 11.7. The molecule has 106 valence electrons. The van der Waals surface area contributed by atoms with E-state index in [2.05, 4.69) is 0 Å². The molecule has 2 aromatic carbocycles.